The molecule has 0 aliphatic carbocycles. The van der Waals surface area contributed by atoms with Crippen LogP contribution in [0, 0.1) is 0 Å². The van der Waals surface area contributed by atoms with Crippen LogP contribution in [-0.2, 0) is 0 Å². The first-order valence-electron chi connectivity index (χ1n) is 4.51. The topological polar surface area (TPSA) is 16.1 Å². The molecule has 0 N–H and O–H groups in total. The molecule has 0 unspecified atom stereocenters. The van der Waals surface area contributed by atoms with Gasteiger partial charge in [-0.2, -0.15) is 0 Å². The van der Waals surface area contributed by atoms with Gasteiger partial charge in [-0.05, 0) is 34.1 Å². The second-order valence-corrected chi connectivity index (χ2v) is 4.73. The second-order valence-electron chi connectivity index (χ2n) is 3.50. The first-order valence-corrected chi connectivity index (χ1v) is 5.69. The average molecular weight is 286 g/mol. The van der Waals surface area contributed by atoms with E-state index in [1.807, 2.05) is 43.3 Å². The summed E-state index contributed by atoms with van der Waals surface area (Å²) in [7, 11) is 3.92. The molecule has 78 valence electrons. The van der Waals surface area contributed by atoms with Gasteiger partial charge in [0, 0.05) is 24.0 Å². The van der Waals surface area contributed by atoms with Gasteiger partial charge in [0.25, 0.3) is 0 Å². The molecule has 2 rings (SSSR count). The van der Waals surface area contributed by atoms with Crippen LogP contribution < -0.4 is 4.90 Å². The van der Waals surface area contributed by atoms with Crippen molar-refractivity contribution in [1.29, 1.82) is 0 Å². The number of anilines is 1. The van der Waals surface area contributed by atoms with Gasteiger partial charge in [0.2, 0.25) is 0 Å². The molecule has 0 bridgehead atoms. The number of fused-ring (bicyclic) bond motifs is 1. The second kappa shape index (κ2) is 3.99. The smallest absolute Gasteiger partial charge is 0.128 e. The molecule has 0 radical (unpaired) electrons. The number of benzene rings is 1. The Morgan fingerprint density at radius 2 is 1.87 bits per heavy atom. The highest BCUT2D eigenvalue weighted by Gasteiger charge is 2.06. The Balaban J connectivity index is 2.73. The Morgan fingerprint density at radius 3 is 2.53 bits per heavy atom. The third-order valence-electron chi connectivity index (χ3n) is 2.20. The van der Waals surface area contributed by atoms with E-state index in [-0.39, 0.29) is 0 Å². The van der Waals surface area contributed by atoms with Gasteiger partial charge in [-0.15, -0.1) is 0 Å². The maximum Gasteiger partial charge on any atom is 0.128 e. The van der Waals surface area contributed by atoms with Gasteiger partial charge in [-0.1, -0.05) is 17.7 Å². The SMILES string of the molecule is CN(C)c1ccc2ccc(Br)c(Cl)c2n1. The molecule has 0 saturated heterocycles. The highest BCUT2D eigenvalue weighted by molar-refractivity contribution is 9.10. The van der Waals surface area contributed by atoms with Crippen molar-refractivity contribution < 1.29 is 0 Å². The van der Waals surface area contributed by atoms with Crippen LogP contribution >= 0.6 is 27.5 Å². The zero-order valence-electron chi connectivity index (χ0n) is 8.46. The normalized spacial score (nSPS) is 10.7. The summed E-state index contributed by atoms with van der Waals surface area (Å²) in [4.78, 5) is 6.45. The van der Waals surface area contributed by atoms with Crippen molar-refractivity contribution in [2.45, 2.75) is 0 Å². The van der Waals surface area contributed by atoms with Crippen molar-refractivity contribution in [3.05, 3.63) is 33.8 Å². The molecule has 0 aliphatic heterocycles. The van der Waals surface area contributed by atoms with Crippen LogP contribution in [0.1, 0.15) is 0 Å². The lowest BCUT2D eigenvalue weighted by atomic mass is 10.2. The predicted octanol–water partition coefficient (Wildman–Crippen LogP) is 3.72. The summed E-state index contributed by atoms with van der Waals surface area (Å²) in [5.74, 6) is 0.905. The molecule has 2 aromatic rings. The number of hydrogen-bond donors (Lipinski definition) is 0. The number of halogens is 2. The minimum atomic E-state index is 0.663. The van der Waals surface area contributed by atoms with E-state index in [9.17, 15) is 0 Å². The van der Waals surface area contributed by atoms with Crippen LogP contribution in [0.3, 0.4) is 0 Å². The molecule has 4 heteroatoms. The third-order valence-corrected chi connectivity index (χ3v) is 3.47. The lowest BCUT2D eigenvalue weighted by Gasteiger charge is -2.12. The number of aromatic nitrogens is 1. The van der Waals surface area contributed by atoms with E-state index < -0.39 is 0 Å². The number of rotatable bonds is 1. The van der Waals surface area contributed by atoms with Crippen molar-refractivity contribution in [1.82, 2.24) is 4.98 Å². The van der Waals surface area contributed by atoms with Crippen LogP contribution in [-0.4, -0.2) is 19.1 Å². The molecule has 0 fully saturated rings. The maximum atomic E-state index is 6.17. The third kappa shape index (κ3) is 1.94. The molecule has 0 saturated carbocycles. The Hall–Kier alpha value is -0.800. The molecule has 0 amide bonds. The molecule has 1 aromatic heterocycles. The molecule has 0 aliphatic rings. The highest BCUT2D eigenvalue weighted by atomic mass is 79.9. The largest absolute Gasteiger partial charge is 0.363 e. The van der Waals surface area contributed by atoms with Crippen molar-refractivity contribution >= 4 is 44.3 Å². The number of nitrogens with zero attached hydrogens (tertiary/aromatic N) is 2. The Morgan fingerprint density at radius 1 is 1.20 bits per heavy atom. The Bertz CT molecular complexity index is 511. The predicted molar refractivity (Wildman–Crippen MR) is 68.8 cm³/mol. The summed E-state index contributed by atoms with van der Waals surface area (Å²) < 4.78 is 0.875. The van der Waals surface area contributed by atoms with Crippen LogP contribution in [0.5, 0.6) is 0 Å². The summed E-state index contributed by atoms with van der Waals surface area (Å²) in [5, 5.41) is 1.71. The van der Waals surface area contributed by atoms with Gasteiger partial charge in [0.05, 0.1) is 10.5 Å². The molecular formula is C11H10BrClN2. The van der Waals surface area contributed by atoms with E-state index in [2.05, 4.69) is 20.9 Å². The van der Waals surface area contributed by atoms with E-state index in [4.69, 9.17) is 11.6 Å². The summed E-state index contributed by atoms with van der Waals surface area (Å²) >= 11 is 9.57. The van der Waals surface area contributed by atoms with Gasteiger partial charge >= 0.3 is 0 Å². The Kier molecular flexibility index (Phi) is 2.85. The molecular weight excluding hydrogens is 275 g/mol. The van der Waals surface area contributed by atoms with Crippen molar-refractivity contribution in [2.75, 3.05) is 19.0 Å². The molecule has 0 atom stereocenters. The van der Waals surface area contributed by atoms with E-state index in [0.717, 1.165) is 21.2 Å². The highest BCUT2D eigenvalue weighted by Crippen LogP contribution is 2.30. The molecule has 15 heavy (non-hydrogen) atoms. The Labute approximate surface area is 102 Å². The average Bonchev–Trinajstić information content (AvgIpc) is 2.23. The van der Waals surface area contributed by atoms with Crippen LogP contribution in [0.4, 0.5) is 5.82 Å². The zero-order chi connectivity index (χ0) is 11.0. The van der Waals surface area contributed by atoms with Crippen molar-refractivity contribution in [2.24, 2.45) is 0 Å². The van der Waals surface area contributed by atoms with Crippen molar-refractivity contribution in [3.8, 4) is 0 Å². The summed E-state index contributed by atoms with van der Waals surface area (Å²) in [6.07, 6.45) is 0. The first kappa shape index (κ1) is 10.7. The van der Waals surface area contributed by atoms with E-state index in [1.54, 1.807) is 0 Å². The van der Waals surface area contributed by atoms with Gasteiger partial charge in [-0.3, -0.25) is 0 Å². The van der Waals surface area contributed by atoms with Crippen LogP contribution in [0.25, 0.3) is 10.9 Å². The lowest BCUT2D eigenvalue weighted by Crippen LogP contribution is -2.10. The summed E-state index contributed by atoms with van der Waals surface area (Å²) in [6.45, 7) is 0. The fourth-order valence-corrected chi connectivity index (χ4v) is 1.90. The minimum Gasteiger partial charge on any atom is -0.363 e. The zero-order valence-corrected chi connectivity index (χ0v) is 10.8. The van der Waals surface area contributed by atoms with Gasteiger partial charge in [0.15, 0.2) is 0 Å². The van der Waals surface area contributed by atoms with Crippen molar-refractivity contribution in [3.63, 3.8) is 0 Å². The number of hydrogen-bond acceptors (Lipinski definition) is 2. The van der Waals surface area contributed by atoms with Gasteiger partial charge < -0.3 is 4.90 Å². The maximum absolute atomic E-state index is 6.17. The lowest BCUT2D eigenvalue weighted by molar-refractivity contribution is 1.08. The van der Waals surface area contributed by atoms with Gasteiger partial charge in [0.1, 0.15) is 5.82 Å². The van der Waals surface area contributed by atoms with Crippen LogP contribution in [0.15, 0.2) is 28.7 Å². The fourth-order valence-electron chi connectivity index (χ4n) is 1.37. The van der Waals surface area contributed by atoms with E-state index in [1.165, 1.54) is 0 Å². The van der Waals surface area contributed by atoms with Crippen LogP contribution in [0.2, 0.25) is 5.02 Å². The molecule has 2 nitrogen and oxygen atoms in total. The molecule has 0 spiro atoms. The fraction of sp³-hybridized carbons (Fsp3) is 0.182. The quantitative estimate of drug-likeness (QED) is 0.794. The van der Waals surface area contributed by atoms with E-state index in [0.29, 0.717) is 5.02 Å². The number of pyridine rings is 1. The standard InChI is InChI=1S/C11H10BrClN2/c1-15(2)9-6-4-7-3-5-8(12)10(13)11(7)14-9/h3-6H,1-2H3. The summed E-state index contributed by atoms with van der Waals surface area (Å²) in [5.41, 5.74) is 0.831. The summed E-state index contributed by atoms with van der Waals surface area (Å²) in [6, 6.07) is 7.93. The van der Waals surface area contributed by atoms with Gasteiger partial charge in [-0.25, -0.2) is 4.98 Å². The molecule has 1 heterocycles. The minimum absolute atomic E-state index is 0.663. The first-order chi connectivity index (χ1) is 7.09. The van der Waals surface area contributed by atoms with E-state index >= 15 is 0 Å². The monoisotopic (exact) mass is 284 g/mol. The molecule has 1 aromatic carbocycles.